The Morgan fingerprint density at radius 2 is 1.43 bits per heavy atom. The van der Waals surface area contributed by atoms with E-state index in [1.807, 2.05) is 0 Å². The molecule has 0 unspecified atom stereocenters. The number of fused-ring (bicyclic) bond motifs is 1. The van der Waals surface area contributed by atoms with Crippen molar-refractivity contribution in [3.8, 4) is 28.7 Å². The number of alkyl halides is 3. The van der Waals surface area contributed by atoms with Gasteiger partial charge in [-0.25, -0.2) is 0 Å². The topological polar surface area (TPSA) is 60.7 Å². The standard InChI is InChI=1S/C22H18F3NO4/c23-22(24,25)30-17-11-9-16(10-12-17)29-15-7-5-14(6-8-15)26-19-4-2-1-3-18(19)20(27)13-21(26)28/h5-13,27H,1-4H2. The summed E-state index contributed by atoms with van der Waals surface area (Å²) in [4.78, 5) is 12.5. The highest BCUT2D eigenvalue weighted by Crippen LogP contribution is 2.30. The van der Waals surface area contributed by atoms with Crippen LogP contribution in [0.25, 0.3) is 5.69 Å². The summed E-state index contributed by atoms with van der Waals surface area (Å²) in [7, 11) is 0. The molecule has 0 radical (unpaired) electrons. The lowest BCUT2D eigenvalue weighted by Gasteiger charge is -2.22. The Kier molecular flexibility index (Phi) is 5.15. The Balaban J connectivity index is 1.55. The largest absolute Gasteiger partial charge is 0.573 e. The number of halogens is 3. The third kappa shape index (κ3) is 4.27. The Labute approximate surface area is 169 Å². The van der Waals surface area contributed by atoms with E-state index in [-0.39, 0.29) is 17.1 Å². The van der Waals surface area contributed by atoms with E-state index in [0.29, 0.717) is 23.6 Å². The predicted octanol–water partition coefficient (Wildman–Crippen LogP) is 5.11. The van der Waals surface area contributed by atoms with Gasteiger partial charge in [0.2, 0.25) is 0 Å². The Hall–Kier alpha value is -3.42. The molecule has 30 heavy (non-hydrogen) atoms. The number of hydrogen-bond donors (Lipinski definition) is 1. The van der Waals surface area contributed by atoms with Crippen molar-refractivity contribution in [2.24, 2.45) is 0 Å². The summed E-state index contributed by atoms with van der Waals surface area (Å²) in [6.45, 7) is 0. The zero-order valence-electron chi connectivity index (χ0n) is 15.8. The predicted molar refractivity (Wildman–Crippen MR) is 104 cm³/mol. The molecule has 0 amide bonds. The van der Waals surface area contributed by atoms with Crippen molar-refractivity contribution in [3.63, 3.8) is 0 Å². The first kappa shape index (κ1) is 19.9. The molecular formula is C22H18F3NO4. The van der Waals surface area contributed by atoms with Crippen molar-refractivity contribution >= 4 is 0 Å². The maximum absolute atomic E-state index is 12.5. The Bertz CT molecular complexity index is 1100. The van der Waals surface area contributed by atoms with E-state index in [1.54, 1.807) is 28.8 Å². The molecule has 156 valence electrons. The molecular weight excluding hydrogens is 399 g/mol. The summed E-state index contributed by atoms with van der Waals surface area (Å²) in [5.74, 6) is 0.519. The zero-order valence-corrected chi connectivity index (χ0v) is 15.8. The van der Waals surface area contributed by atoms with Gasteiger partial charge in [-0.15, -0.1) is 13.2 Å². The lowest BCUT2D eigenvalue weighted by molar-refractivity contribution is -0.274. The second kappa shape index (κ2) is 7.78. The van der Waals surface area contributed by atoms with Crippen molar-refractivity contribution in [1.82, 2.24) is 4.57 Å². The molecule has 0 aliphatic heterocycles. The molecule has 0 saturated carbocycles. The molecule has 2 aromatic carbocycles. The van der Waals surface area contributed by atoms with Gasteiger partial charge in [0.25, 0.3) is 5.56 Å². The molecule has 0 bridgehead atoms. The summed E-state index contributed by atoms with van der Waals surface area (Å²) in [5.41, 5.74) is 1.98. The van der Waals surface area contributed by atoms with Crippen LogP contribution >= 0.6 is 0 Å². The summed E-state index contributed by atoms with van der Waals surface area (Å²) in [6, 6.07) is 13.1. The number of ether oxygens (including phenoxy) is 2. The monoisotopic (exact) mass is 417 g/mol. The van der Waals surface area contributed by atoms with Crippen LogP contribution in [0.3, 0.4) is 0 Å². The minimum atomic E-state index is -4.75. The Morgan fingerprint density at radius 1 is 0.867 bits per heavy atom. The molecule has 8 heteroatoms. The average molecular weight is 417 g/mol. The number of hydrogen-bond acceptors (Lipinski definition) is 4. The first-order valence-corrected chi connectivity index (χ1v) is 9.41. The number of nitrogens with zero attached hydrogens (tertiary/aromatic N) is 1. The van der Waals surface area contributed by atoms with Crippen LogP contribution in [0.15, 0.2) is 59.4 Å². The van der Waals surface area contributed by atoms with Gasteiger partial charge in [-0.1, -0.05) is 0 Å². The lowest BCUT2D eigenvalue weighted by atomic mass is 9.94. The van der Waals surface area contributed by atoms with Gasteiger partial charge in [0, 0.05) is 23.0 Å². The van der Waals surface area contributed by atoms with Crippen molar-refractivity contribution in [3.05, 3.63) is 76.2 Å². The summed E-state index contributed by atoms with van der Waals surface area (Å²) in [6.07, 6.45) is -1.38. The number of pyridine rings is 1. The zero-order chi connectivity index (χ0) is 21.3. The molecule has 1 N–H and O–H groups in total. The van der Waals surface area contributed by atoms with Crippen molar-refractivity contribution < 1.29 is 27.8 Å². The van der Waals surface area contributed by atoms with E-state index in [1.165, 1.54) is 30.3 Å². The van der Waals surface area contributed by atoms with Gasteiger partial charge < -0.3 is 14.6 Å². The van der Waals surface area contributed by atoms with E-state index in [9.17, 15) is 23.1 Å². The third-order valence-electron chi connectivity index (χ3n) is 4.89. The Morgan fingerprint density at radius 3 is 2.07 bits per heavy atom. The lowest BCUT2D eigenvalue weighted by Crippen LogP contribution is -2.24. The molecule has 0 fully saturated rings. The van der Waals surface area contributed by atoms with Crippen molar-refractivity contribution in [1.29, 1.82) is 0 Å². The van der Waals surface area contributed by atoms with E-state index in [0.717, 1.165) is 30.5 Å². The molecule has 1 aromatic heterocycles. The highest BCUT2D eigenvalue weighted by atomic mass is 19.4. The van der Waals surface area contributed by atoms with Gasteiger partial charge in [0.15, 0.2) is 0 Å². The second-order valence-electron chi connectivity index (χ2n) is 6.95. The van der Waals surface area contributed by atoms with Crippen molar-refractivity contribution in [2.45, 2.75) is 32.0 Å². The van der Waals surface area contributed by atoms with E-state index < -0.39 is 6.36 Å². The van der Waals surface area contributed by atoms with Gasteiger partial charge in [-0.05, 0) is 74.2 Å². The average Bonchev–Trinajstić information content (AvgIpc) is 2.70. The molecule has 1 aliphatic carbocycles. The van der Waals surface area contributed by atoms with Gasteiger partial charge in [0.05, 0.1) is 0 Å². The molecule has 1 heterocycles. The smallest absolute Gasteiger partial charge is 0.507 e. The fourth-order valence-electron chi connectivity index (χ4n) is 3.61. The highest BCUT2D eigenvalue weighted by Gasteiger charge is 2.31. The van der Waals surface area contributed by atoms with Gasteiger partial charge in [0.1, 0.15) is 23.0 Å². The molecule has 1 aliphatic rings. The van der Waals surface area contributed by atoms with Crippen LogP contribution in [0.2, 0.25) is 0 Å². The third-order valence-corrected chi connectivity index (χ3v) is 4.89. The van der Waals surface area contributed by atoms with Crippen LogP contribution in [0.4, 0.5) is 13.2 Å². The van der Waals surface area contributed by atoms with E-state index in [4.69, 9.17) is 4.74 Å². The van der Waals surface area contributed by atoms with Crippen LogP contribution < -0.4 is 15.0 Å². The number of aromatic hydroxyl groups is 1. The van der Waals surface area contributed by atoms with Gasteiger partial charge in [-0.2, -0.15) is 0 Å². The van der Waals surface area contributed by atoms with E-state index in [2.05, 4.69) is 4.74 Å². The number of rotatable bonds is 4. The molecule has 4 rings (SSSR count). The first-order chi connectivity index (χ1) is 14.3. The number of aromatic nitrogens is 1. The minimum absolute atomic E-state index is 0.0452. The summed E-state index contributed by atoms with van der Waals surface area (Å²) >= 11 is 0. The van der Waals surface area contributed by atoms with Crippen molar-refractivity contribution in [2.75, 3.05) is 0 Å². The number of benzene rings is 2. The molecule has 0 atom stereocenters. The molecule has 0 spiro atoms. The minimum Gasteiger partial charge on any atom is -0.507 e. The van der Waals surface area contributed by atoms with Gasteiger partial charge in [-0.3, -0.25) is 9.36 Å². The van der Waals surface area contributed by atoms with Crippen LogP contribution in [-0.2, 0) is 12.8 Å². The maximum Gasteiger partial charge on any atom is 0.573 e. The van der Waals surface area contributed by atoms with Crippen LogP contribution in [0, 0.1) is 0 Å². The maximum atomic E-state index is 12.5. The molecule has 0 saturated heterocycles. The van der Waals surface area contributed by atoms with Crippen LogP contribution in [0.5, 0.6) is 23.0 Å². The summed E-state index contributed by atoms with van der Waals surface area (Å²) < 4.78 is 47.8. The molecule has 5 nitrogen and oxygen atoms in total. The van der Waals surface area contributed by atoms with Crippen LogP contribution in [-0.4, -0.2) is 16.0 Å². The van der Waals surface area contributed by atoms with E-state index >= 15 is 0 Å². The SMILES string of the molecule is O=c1cc(O)c2c(n1-c1ccc(Oc3ccc(OC(F)(F)F)cc3)cc1)CCCC2. The van der Waals surface area contributed by atoms with Gasteiger partial charge >= 0.3 is 6.36 Å². The first-order valence-electron chi connectivity index (χ1n) is 9.41. The summed E-state index contributed by atoms with van der Waals surface area (Å²) in [5, 5.41) is 10.1. The second-order valence-corrected chi connectivity index (χ2v) is 6.95. The van der Waals surface area contributed by atoms with Crippen LogP contribution in [0.1, 0.15) is 24.1 Å². The molecule has 3 aromatic rings. The fraction of sp³-hybridized carbons (Fsp3) is 0.227. The quantitative estimate of drug-likeness (QED) is 0.641. The fourth-order valence-corrected chi connectivity index (χ4v) is 3.61. The highest BCUT2D eigenvalue weighted by molar-refractivity contribution is 5.46. The normalized spacial score (nSPS) is 13.6.